The normalized spacial score (nSPS) is 10.7. The van der Waals surface area contributed by atoms with Gasteiger partial charge in [-0.25, -0.2) is 9.67 Å². The predicted molar refractivity (Wildman–Crippen MR) is 106 cm³/mol. The van der Waals surface area contributed by atoms with Crippen molar-refractivity contribution in [3.63, 3.8) is 0 Å². The SMILES string of the molecule is COc1cc(-c2cc(Cl)ccc2-n2cc(-c3ccccn3)nn2)c(OC)cn1. The molecule has 0 bridgehead atoms. The van der Waals surface area contributed by atoms with Gasteiger partial charge < -0.3 is 9.47 Å². The second-order valence-corrected chi connectivity index (χ2v) is 6.29. The highest BCUT2D eigenvalue weighted by Gasteiger charge is 2.16. The highest BCUT2D eigenvalue weighted by Crippen LogP contribution is 2.37. The second-order valence-electron chi connectivity index (χ2n) is 5.85. The van der Waals surface area contributed by atoms with E-state index in [2.05, 4.69) is 20.3 Å². The molecule has 140 valence electrons. The van der Waals surface area contributed by atoms with Crippen molar-refractivity contribution in [2.75, 3.05) is 14.2 Å². The largest absolute Gasteiger partial charge is 0.494 e. The molecule has 0 aliphatic rings. The van der Waals surface area contributed by atoms with Gasteiger partial charge in [-0.3, -0.25) is 4.98 Å². The Morgan fingerprint density at radius 3 is 2.57 bits per heavy atom. The Labute approximate surface area is 166 Å². The molecule has 0 spiro atoms. The third kappa shape index (κ3) is 3.39. The molecule has 0 fully saturated rings. The second kappa shape index (κ2) is 7.66. The summed E-state index contributed by atoms with van der Waals surface area (Å²) in [5.41, 5.74) is 3.78. The maximum Gasteiger partial charge on any atom is 0.213 e. The van der Waals surface area contributed by atoms with Crippen LogP contribution >= 0.6 is 11.6 Å². The Morgan fingerprint density at radius 1 is 0.929 bits per heavy atom. The molecule has 0 N–H and O–H groups in total. The zero-order chi connectivity index (χ0) is 19.5. The molecule has 7 nitrogen and oxygen atoms in total. The predicted octanol–water partition coefficient (Wildman–Crippen LogP) is 4.06. The molecule has 8 heteroatoms. The smallest absolute Gasteiger partial charge is 0.213 e. The number of methoxy groups -OCH3 is 2. The Balaban J connectivity index is 1.86. The van der Waals surface area contributed by atoms with Crippen molar-refractivity contribution in [3.05, 3.63) is 66.1 Å². The van der Waals surface area contributed by atoms with Crippen LogP contribution in [0.3, 0.4) is 0 Å². The van der Waals surface area contributed by atoms with Gasteiger partial charge in [0.2, 0.25) is 5.88 Å². The minimum Gasteiger partial charge on any atom is -0.494 e. The van der Waals surface area contributed by atoms with Crippen LogP contribution in [-0.2, 0) is 0 Å². The number of benzene rings is 1. The van der Waals surface area contributed by atoms with Gasteiger partial charge >= 0.3 is 0 Å². The quantitative estimate of drug-likeness (QED) is 0.509. The third-order valence-electron chi connectivity index (χ3n) is 4.19. The monoisotopic (exact) mass is 393 g/mol. The molecular weight excluding hydrogens is 378 g/mol. The van der Waals surface area contributed by atoms with Gasteiger partial charge in [-0.1, -0.05) is 22.9 Å². The lowest BCUT2D eigenvalue weighted by atomic mass is 10.0. The van der Waals surface area contributed by atoms with Crippen molar-refractivity contribution < 1.29 is 9.47 Å². The van der Waals surface area contributed by atoms with E-state index in [0.717, 1.165) is 22.5 Å². The minimum absolute atomic E-state index is 0.467. The molecule has 3 aromatic heterocycles. The van der Waals surface area contributed by atoms with Crippen molar-refractivity contribution in [1.82, 2.24) is 25.0 Å². The van der Waals surface area contributed by atoms with Gasteiger partial charge in [-0.2, -0.15) is 0 Å². The number of nitrogens with zero attached hydrogens (tertiary/aromatic N) is 5. The summed E-state index contributed by atoms with van der Waals surface area (Å²) in [6.07, 6.45) is 5.15. The molecule has 4 aromatic rings. The van der Waals surface area contributed by atoms with Crippen molar-refractivity contribution in [2.24, 2.45) is 0 Å². The number of halogens is 1. The third-order valence-corrected chi connectivity index (χ3v) is 4.42. The average molecular weight is 394 g/mol. The fraction of sp³-hybridized carbons (Fsp3) is 0.100. The van der Waals surface area contributed by atoms with Gasteiger partial charge in [-0.15, -0.1) is 5.10 Å². The summed E-state index contributed by atoms with van der Waals surface area (Å²) in [5.74, 6) is 1.06. The lowest BCUT2D eigenvalue weighted by molar-refractivity contribution is 0.388. The molecule has 0 unspecified atom stereocenters. The molecule has 3 heterocycles. The number of ether oxygens (including phenoxy) is 2. The topological polar surface area (TPSA) is 75.0 Å². The fourth-order valence-electron chi connectivity index (χ4n) is 2.85. The van der Waals surface area contributed by atoms with Gasteiger partial charge in [0.05, 0.1) is 38.0 Å². The van der Waals surface area contributed by atoms with E-state index in [9.17, 15) is 0 Å². The van der Waals surface area contributed by atoms with Crippen LogP contribution in [0.4, 0.5) is 0 Å². The summed E-state index contributed by atoms with van der Waals surface area (Å²) in [6.45, 7) is 0. The van der Waals surface area contributed by atoms with Gasteiger partial charge in [0.1, 0.15) is 11.4 Å². The van der Waals surface area contributed by atoms with Crippen LogP contribution in [0.2, 0.25) is 5.02 Å². The minimum atomic E-state index is 0.467. The fourth-order valence-corrected chi connectivity index (χ4v) is 3.02. The number of aromatic nitrogens is 5. The zero-order valence-corrected chi connectivity index (χ0v) is 16.0. The van der Waals surface area contributed by atoms with E-state index in [1.54, 1.807) is 43.4 Å². The summed E-state index contributed by atoms with van der Waals surface area (Å²) in [6, 6.07) is 13.0. The Hall–Kier alpha value is -3.45. The van der Waals surface area contributed by atoms with Gasteiger partial charge in [0.25, 0.3) is 0 Å². The van der Waals surface area contributed by atoms with Crippen molar-refractivity contribution in [2.45, 2.75) is 0 Å². The van der Waals surface area contributed by atoms with Crippen LogP contribution in [0.5, 0.6) is 11.6 Å². The molecular formula is C20H16ClN5O2. The molecule has 0 amide bonds. The maximum atomic E-state index is 6.28. The highest BCUT2D eigenvalue weighted by atomic mass is 35.5. The first-order chi connectivity index (χ1) is 13.7. The lowest BCUT2D eigenvalue weighted by Crippen LogP contribution is -2.00. The first-order valence-electron chi connectivity index (χ1n) is 8.41. The first kappa shape index (κ1) is 17.9. The van der Waals surface area contributed by atoms with E-state index in [4.69, 9.17) is 21.1 Å². The summed E-state index contributed by atoms with van der Waals surface area (Å²) >= 11 is 6.28. The lowest BCUT2D eigenvalue weighted by Gasteiger charge is -2.14. The van der Waals surface area contributed by atoms with Crippen molar-refractivity contribution in [1.29, 1.82) is 0 Å². The standard InChI is InChI=1S/C20H16ClN5O2/c1-27-19-11-23-20(28-2)10-15(19)14-9-13(21)6-7-18(14)26-12-17(24-25-26)16-5-3-4-8-22-16/h3-12H,1-2H3. The number of rotatable bonds is 5. The van der Waals surface area contributed by atoms with Crippen LogP contribution in [0.15, 0.2) is 61.1 Å². The number of hydrogen-bond donors (Lipinski definition) is 0. The first-order valence-corrected chi connectivity index (χ1v) is 8.79. The highest BCUT2D eigenvalue weighted by molar-refractivity contribution is 6.31. The van der Waals surface area contributed by atoms with Crippen molar-refractivity contribution in [3.8, 4) is 39.8 Å². The molecule has 0 aliphatic heterocycles. The van der Waals surface area contributed by atoms with E-state index in [-0.39, 0.29) is 0 Å². The summed E-state index contributed by atoms with van der Waals surface area (Å²) in [7, 11) is 3.15. The summed E-state index contributed by atoms with van der Waals surface area (Å²) in [5, 5.41) is 9.10. The van der Waals surface area contributed by atoms with E-state index < -0.39 is 0 Å². The Bertz CT molecular complexity index is 1110. The van der Waals surface area contributed by atoms with Crippen LogP contribution in [-0.4, -0.2) is 39.2 Å². The van der Waals surface area contributed by atoms with E-state index >= 15 is 0 Å². The van der Waals surface area contributed by atoms with Gasteiger partial charge in [-0.05, 0) is 30.3 Å². The summed E-state index contributed by atoms with van der Waals surface area (Å²) < 4.78 is 12.4. The molecule has 0 aliphatic carbocycles. The molecule has 0 radical (unpaired) electrons. The van der Waals surface area contributed by atoms with Crippen molar-refractivity contribution >= 4 is 11.6 Å². The van der Waals surface area contributed by atoms with E-state index in [1.165, 1.54) is 0 Å². The van der Waals surface area contributed by atoms with E-state index in [0.29, 0.717) is 22.3 Å². The van der Waals surface area contributed by atoms with Gasteiger partial charge in [0, 0.05) is 28.4 Å². The van der Waals surface area contributed by atoms with Crippen LogP contribution < -0.4 is 9.47 Å². The molecule has 0 atom stereocenters. The molecule has 0 saturated carbocycles. The van der Waals surface area contributed by atoms with Crippen LogP contribution in [0, 0.1) is 0 Å². The Kier molecular flexibility index (Phi) is 4.90. The van der Waals surface area contributed by atoms with Crippen LogP contribution in [0.1, 0.15) is 0 Å². The average Bonchev–Trinajstić information content (AvgIpc) is 3.24. The summed E-state index contributed by atoms with van der Waals surface area (Å²) in [4.78, 5) is 8.52. The zero-order valence-electron chi connectivity index (χ0n) is 15.2. The maximum absolute atomic E-state index is 6.28. The molecule has 0 saturated heterocycles. The van der Waals surface area contributed by atoms with Gasteiger partial charge in [0.15, 0.2) is 0 Å². The molecule has 4 rings (SSSR count). The number of pyridine rings is 2. The molecule has 28 heavy (non-hydrogen) atoms. The van der Waals surface area contributed by atoms with E-state index in [1.807, 2.05) is 36.5 Å². The van der Waals surface area contributed by atoms with Crippen LogP contribution in [0.25, 0.3) is 28.2 Å². The number of hydrogen-bond acceptors (Lipinski definition) is 6. The Morgan fingerprint density at radius 2 is 1.82 bits per heavy atom. The molecule has 1 aromatic carbocycles.